The number of carbonyl (C=O) groups is 3. The van der Waals surface area contributed by atoms with E-state index in [1.54, 1.807) is 24.3 Å². The third kappa shape index (κ3) is 6.50. The number of ketones is 1. The molecule has 0 saturated heterocycles. The molecule has 2 aromatic rings. The van der Waals surface area contributed by atoms with Gasteiger partial charge in [-0.05, 0) is 49.2 Å². The van der Waals surface area contributed by atoms with Crippen LogP contribution >= 0.6 is 0 Å². The molecule has 148 valence electrons. The van der Waals surface area contributed by atoms with Crippen molar-refractivity contribution in [3.63, 3.8) is 0 Å². The third-order valence-electron chi connectivity index (χ3n) is 3.88. The lowest BCUT2D eigenvalue weighted by Gasteiger charge is -2.12. The highest BCUT2D eigenvalue weighted by molar-refractivity contribution is 5.99. The molecule has 0 aliphatic carbocycles. The molecule has 0 aliphatic rings. The van der Waals surface area contributed by atoms with Crippen LogP contribution in [0.1, 0.15) is 42.6 Å². The van der Waals surface area contributed by atoms with Gasteiger partial charge in [0.15, 0.2) is 12.4 Å². The van der Waals surface area contributed by atoms with Crippen LogP contribution in [0.2, 0.25) is 0 Å². The molecule has 0 fully saturated rings. The minimum atomic E-state index is -0.376. The van der Waals surface area contributed by atoms with Crippen molar-refractivity contribution in [2.75, 3.05) is 11.9 Å². The first kappa shape index (κ1) is 21.1. The van der Waals surface area contributed by atoms with E-state index in [4.69, 9.17) is 4.74 Å². The van der Waals surface area contributed by atoms with E-state index in [1.807, 2.05) is 6.92 Å². The molecule has 0 aliphatic heterocycles. The number of carbonyl (C=O) groups excluding carboxylic acids is 3. The van der Waals surface area contributed by atoms with Gasteiger partial charge in [0, 0.05) is 18.7 Å². The second-order valence-corrected chi connectivity index (χ2v) is 6.26. The number of ether oxygens (including phenoxy) is 1. The smallest absolute Gasteiger partial charge is 0.258 e. The van der Waals surface area contributed by atoms with Crippen molar-refractivity contribution < 1.29 is 23.5 Å². The predicted molar refractivity (Wildman–Crippen MR) is 104 cm³/mol. The van der Waals surface area contributed by atoms with Crippen LogP contribution in [-0.4, -0.2) is 24.2 Å². The Balaban J connectivity index is 1.94. The van der Waals surface area contributed by atoms with Crippen LogP contribution < -0.4 is 15.4 Å². The highest BCUT2D eigenvalue weighted by atomic mass is 19.1. The average Bonchev–Trinajstić information content (AvgIpc) is 2.66. The van der Waals surface area contributed by atoms with Gasteiger partial charge in [-0.2, -0.15) is 0 Å². The van der Waals surface area contributed by atoms with Gasteiger partial charge in [-0.1, -0.05) is 19.1 Å². The van der Waals surface area contributed by atoms with Gasteiger partial charge in [-0.15, -0.1) is 0 Å². The topological polar surface area (TPSA) is 84.5 Å². The number of anilines is 1. The molecule has 0 spiro atoms. The van der Waals surface area contributed by atoms with E-state index in [2.05, 4.69) is 10.6 Å². The largest absolute Gasteiger partial charge is 0.483 e. The first-order valence-electron chi connectivity index (χ1n) is 8.97. The van der Waals surface area contributed by atoms with Crippen LogP contribution in [-0.2, 0) is 16.1 Å². The van der Waals surface area contributed by atoms with Crippen molar-refractivity contribution >= 4 is 23.3 Å². The number of amides is 2. The second kappa shape index (κ2) is 10.2. The number of rotatable bonds is 9. The van der Waals surface area contributed by atoms with Gasteiger partial charge in [0.25, 0.3) is 5.91 Å². The van der Waals surface area contributed by atoms with E-state index in [9.17, 15) is 18.8 Å². The number of hydrogen-bond donors (Lipinski definition) is 2. The summed E-state index contributed by atoms with van der Waals surface area (Å²) in [6, 6.07) is 10.5. The summed E-state index contributed by atoms with van der Waals surface area (Å²) in [5, 5.41) is 5.38. The van der Waals surface area contributed by atoms with E-state index >= 15 is 0 Å². The second-order valence-electron chi connectivity index (χ2n) is 6.26. The summed E-state index contributed by atoms with van der Waals surface area (Å²) >= 11 is 0. The van der Waals surface area contributed by atoms with E-state index in [-0.39, 0.29) is 47.9 Å². The van der Waals surface area contributed by atoms with Gasteiger partial charge in [0.2, 0.25) is 5.91 Å². The number of benzene rings is 2. The van der Waals surface area contributed by atoms with Crippen LogP contribution in [0.4, 0.5) is 10.1 Å². The molecule has 28 heavy (non-hydrogen) atoms. The Kier molecular flexibility index (Phi) is 7.68. The summed E-state index contributed by atoms with van der Waals surface area (Å²) in [4.78, 5) is 35.6. The summed E-state index contributed by atoms with van der Waals surface area (Å²) in [6.45, 7) is 3.25. The van der Waals surface area contributed by atoms with Crippen LogP contribution in [0.5, 0.6) is 5.75 Å². The molecule has 0 unspecified atom stereocenters. The van der Waals surface area contributed by atoms with Crippen LogP contribution in [0.3, 0.4) is 0 Å². The summed E-state index contributed by atoms with van der Waals surface area (Å²) in [6.07, 6.45) is 1.11. The Morgan fingerprint density at radius 3 is 2.39 bits per heavy atom. The molecular weight excluding hydrogens is 363 g/mol. The molecule has 6 nitrogen and oxygen atoms in total. The summed E-state index contributed by atoms with van der Waals surface area (Å²) in [7, 11) is 0. The predicted octanol–water partition coefficient (Wildman–Crippen LogP) is 3.46. The van der Waals surface area contributed by atoms with Crippen LogP contribution in [0.25, 0.3) is 0 Å². The summed E-state index contributed by atoms with van der Waals surface area (Å²) < 4.78 is 18.3. The zero-order valence-electron chi connectivity index (χ0n) is 15.9. The molecule has 7 heteroatoms. The van der Waals surface area contributed by atoms with Crippen LogP contribution in [0.15, 0.2) is 42.5 Å². The molecule has 2 amide bonds. The monoisotopic (exact) mass is 386 g/mol. The molecule has 0 radical (unpaired) electrons. The molecule has 0 atom stereocenters. The minimum Gasteiger partial charge on any atom is -0.483 e. The lowest BCUT2D eigenvalue weighted by Crippen LogP contribution is -2.28. The molecule has 0 bridgehead atoms. The van der Waals surface area contributed by atoms with Crippen molar-refractivity contribution in [1.29, 1.82) is 0 Å². The number of halogens is 1. The van der Waals surface area contributed by atoms with E-state index in [0.717, 1.165) is 12.0 Å². The third-order valence-corrected chi connectivity index (χ3v) is 3.88. The fourth-order valence-corrected chi connectivity index (χ4v) is 2.46. The number of nitrogens with one attached hydrogen (secondary N) is 2. The van der Waals surface area contributed by atoms with Crippen molar-refractivity contribution in [1.82, 2.24) is 5.32 Å². The lowest BCUT2D eigenvalue weighted by atomic mass is 10.1. The zero-order valence-corrected chi connectivity index (χ0v) is 15.9. The maximum atomic E-state index is 12.9. The average molecular weight is 386 g/mol. The Morgan fingerprint density at radius 2 is 1.75 bits per heavy atom. The molecular formula is C21H23FN2O4. The van der Waals surface area contributed by atoms with Crippen molar-refractivity contribution in [3.05, 3.63) is 59.4 Å². The Bertz CT molecular complexity index is 850. The van der Waals surface area contributed by atoms with Gasteiger partial charge >= 0.3 is 0 Å². The zero-order chi connectivity index (χ0) is 20.5. The first-order chi connectivity index (χ1) is 13.4. The normalized spacial score (nSPS) is 10.2. The van der Waals surface area contributed by atoms with Crippen molar-refractivity contribution in [2.24, 2.45) is 0 Å². The van der Waals surface area contributed by atoms with E-state index < -0.39 is 0 Å². The summed E-state index contributed by atoms with van der Waals surface area (Å²) in [5.41, 5.74) is 1.53. The standard InChI is InChI=1S/C21H23FN2O4/c1-3-4-20(26)24-17-9-10-19(18(11-17)14(2)25)28-13-21(27)23-12-15-5-7-16(22)8-6-15/h5-11H,3-4,12-13H2,1-2H3,(H,23,27)(H,24,26). The fraction of sp³-hybridized carbons (Fsp3) is 0.286. The maximum absolute atomic E-state index is 12.9. The SMILES string of the molecule is CCCC(=O)Nc1ccc(OCC(=O)NCc2ccc(F)cc2)c(C(C)=O)c1. The van der Waals surface area contributed by atoms with Gasteiger partial charge < -0.3 is 15.4 Å². The Morgan fingerprint density at radius 1 is 1.04 bits per heavy atom. The lowest BCUT2D eigenvalue weighted by molar-refractivity contribution is -0.123. The van der Waals surface area contributed by atoms with Gasteiger partial charge in [-0.25, -0.2) is 4.39 Å². The number of Topliss-reactive ketones (excluding diaryl/α,β-unsaturated/α-hetero) is 1. The van der Waals surface area contributed by atoms with E-state index in [1.165, 1.54) is 25.1 Å². The first-order valence-corrected chi connectivity index (χ1v) is 8.97. The highest BCUT2D eigenvalue weighted by Gasteiger charge is 2.13. The Hall–Kier alpha value is -3.22. The minimum absolute atomic E-state index is 0.133. The molecule has 0 aromatic heterocycles. The summed E-state index contributed by atoms with van der Waals surface area (Å²) in [5.74, 6) is -0.833. The van der Waals surface area contributed by atoms with Crippen LogP contribution in [0, 0.1) is 5.82 Å². The van der Waals surface area contributed by atoms with Gasteiger partial charge in [-0.3, -0.25) is 14.4 Å². The molecule has 0 saturated carbocycles. The van der Waals surface area contributed by atoms with Gasteiger partial charge in [0.05, 0.1) is 5.56 Å². The molecule has 0 heterocycles. The number of hydrogen-bond acceptors (Lipinski definition) is 4. The quantitative estimate of drug-likeness (QED) is 0.647. The van der Waals surface area contributed by atoms with E-state index in [0.29, 0.717) is 12.1 Å². The maximum Gasteiger partial charge on any atom is 0.258 e. The molecule has 2 aromatic carbocycles. The molecule has 2 rings (SSSR count). The van der Waals surface area contributed by atoms with Crippen molar-refractivity contribution in [3.8, 4) is 5.75 Å². The molecule has 2 N–H and O–H groups in total. The van der Waals surface area contributed by atoms with Crippen molar-refractivity contribution in [2.45, 2.75) is 33.2 Å². The fourth-order valence-electron chi connectivity index (χ4n) is 2.46. The van der Waals surface area contributed by atoms with Gasteiger partial charge in [0.1, 0.15) is 11.6 Å². The highest BCUT2D eigenvalue weighted by Crippen LogP contribution is 2.23. The Labute approximate surface area is 163 Å².